The van der Waals surface area contributed by atoms with Crippen LogP contribution in [0.3, 0.4) is 0 Å². The average Bonchev–Trinajstić information content (AvgIpc) is 2.11. The highest BCUT2D eigenvalue weighted by Gasteiger charge is 2.21. The summed E-state index contributed by atoms with van der Waals surface area (Å²) in [6.45, 7) is 1.20. The number of rotatable bonds is 3. The molecule has 0 aliphatic carbocycles. The SMILES string of the molecule is NC(=S)c1ccc(Cl)cc1OC1COC1. The second-order valence-electron chi connectivity index (χ2n) is 3.28. The van der Waals surface area contributed by atoms with Crippen molar-refractivity contribution in [1.82, 2.24) is 0 Å². The van der Waals surface area contributed by atoms with Gasteiger partial charge in [0.15, 0.2) is 0 Å². The van der Waals surface area contributed by atoms with Crippen LogP contribution < -0.4 is 10.5 Å². The standard InChI is InChI=1S/C10H10ClNO2S/c11-6-1-2-8(10(12)15)9(3-6)14-7-4-13-5-7/h1-3,7H,4-5H2,(H2,12,15). The molecule has 1 aromatic rings. The molecule has 1 saturated heterocycles. The van der Waals surface area contributed by atoms with Gasteiger partial charge in [0, 0.05) is 5.02 Å². The molecular formula is C10H10ClNO2S. The number of hydrogen-bond acceptors (Lipinski definition) is 3. The molecule has 0 radical (unpaired) electrons. The summed E-state index contributed by atoms with van der Waals surface area (Å²) in [5.74, 6) is 0.628. The van der Waals surface area contributed by atoms with Crippen molar-refractivity contribution in [3.8, 4) is 5.75 Å². The minimum Gasteiger partial charge on any atom is -0.485 e. The van der Waals surface area contributed by atoms with Gasteiger partial charge in [0.25, 0.3) is 0 Å². The Kier molecular flexibility index (Phi) is 3.09. The third-order valence-electron chi connectivity index (χ3n) is 2.11. The van der Waals surface area contributed by atoms with Gasteiger partial charge in [0.2, 0.25) is 0 Å². The Morgan fingerprint density at radius 2 is 2.27 bits per heavy atom. The Hall–Kier alpha value is -0.840. The number of nitrogens with two attached hydrogens (primary N) is 1. The summed E-state index contributed by atoms with van der Waals surface area (Å²) in [6, 6.07) is 5.22. The van der Waals surface area contributed by atoms with E-state index in [-0.39, 0.29) is 6.10 Å². The number of thiocarbonyl (C=S) groups is 1. The molecule has 2 N–H and O–H groups in total. The lowest BCUT2D eigenvalue weighted by molar-refractivity contribution is -0.0797. The van der Waals surface area contributed by atoms with E-state index in [1.807, 2.05) is 0 Å². The first-order valence-electron chi connectivity index (χ1n) is 4.50. The Balaban J connectivity index is 2.24. The van der Waals surface area contributed by atoms with E-state index in [1.165, 1.54) is 0 Å². The second kappa shape index (κ2) is 4.35. The lowest BCUT2D eigenvalue weighted by Gasteiger charge is -2.27. The largest absolute Gasteiger partial charge is 0.485 e. The summed E-state index contributed by atoms with van der Waals surface area (Å²) in [5, 5.41) is 0.602. The predicted molar refractivity (Wildman–Crippen MR) is 62.6 cm³/mol. The summed E-state index contributed by atoms with van der Waals surface area (Å²) in [7, 11) is 0. The Morgan fingerprint density at radius 3 is 2.80 bits per heavy atom. The van der Waals surface area contributed by atoms with Gasteiger partial charge in [-0.05, 0) is 18.2 Å². The summed E-state index contributed by atoms with van der Waals surface area (Å²) in [5.41, 5.74) is 6.29. The van der Waals surface area contributed by atoms with Gasteiger partial charge in [0.1, 0.15) is 16.8 Å². The molecule has 0 aromatic heterocycles. The monoisotopic (exact) mass is 243 g/mol. The van der Waals surface area contributed by atoms with E-state index >= 15 is 0 Å². The fourth-order valence-corrected chi connectivity index (χ4v) is 1.59. The smallest absolute Gasteiger partial charge is 0.145 e. The van der Waals surface area contributed by atoms with Crippen LogP contribution in [-0.2, 0) is 4.74 Å². The molecule has 0 saturated carbocycles. The fourth-order valence-electron chi connectivity index (χ4n) is 1.26. The third kappa shape index (κ3) is 2.40. The normalized spacial score (nSPS) is 15.8. The minimum absolute atomic E-state index is 0.0802. The minimum atomic E-state index is 0.0802. The Bertz CT molecular complexity index is 393. The highest BCUT2D eigenvalue weighted by molar-refractivity contribution is 7.80. The topological polar surface area (TPSA) is 44.5 Å². The molecule has 1 heterocycles. The molecule has 1 aliphatic heterocycles. The highest BCUT2D eigenvalue weighted by atomic mass is 35.5. The van der Waals surface area contributed by atoms with Crippen LogP contribution in [0.5, 0.6) is 5.75 Å². The van der Waals surface area contributed by atoms with Crippen LogP contribution in [-0.4, -0.2) is 24.3 Å². The maximum Gasteiger partial charge on any atom is 0.145 e. The van der Waals surface area contributed by atoms with Crippen molar-refractivity contribution < 1.29 is 9.47 Å². The first-order chi connectivity index (χ1) is 7.16. The van der Waals surface area contributed by atoms with E-state index in [9.17, 15) is 0 Å². The van der Waals surface area contributed by atoms with E-state index in [2.05, 4.69) is 0 Å². The lowest BCUT2D eigenvalue weighted by atomic mass is 10.2. The molecule has 80 valence electrons. The van der Waals surface area contributed by atoms with Gasteiger partial charge in [-0.2, -0.15) is 0 Å². The number of halogens is 1. The summed E-state index contributed by atoms with van der Waals surface area (Å²) >= 11 is 10.8. The average molecular weight is 244 g/mol. The van der Waals surface area contributed by atoms with Crippen molar-refractivity contribution in [2.45, 2.75) is 6.10 Å². The maximum atomic E-state index is 5.87. The van der Waals surface area contributed by atoms with Crippen LogP contribution in [0.15, 0.2) is 18.2 Å². The van der Waals surface area contributed by atoms with E-state index < -0.39 is 0 Å². The number of ether oxygens (including phenoxy) is 2. The zero-order valence-corrected chi connectivity index (χ0v) is 9.48. The zero-order chi connectivity index (χ0) is 10.8. The Morgan fingerprint density at radius 1 is 1.53 bits per heavy atom. The molecule has 3 nitrogen and oxygen atoms in total. The molecule has 1 fully saturated rings. The molecule has 1 aromatic carbocycles. The van der Waals surface area contributed by atoms with Gasteiger partial charge in [-0.15, -0.1) is 0 Å². The fraction of sp³-hybridized carbons (Fsp3) is 0.300. The number of benzene rings is 1. The van der Waals surface area contributed by atoms with E-state index in [0.29, 0.717) is 34.5 Å². The van der Waals surface area contributed by atoms with Gasteiger partial charge in [-0.1, -0.05) is 23.8 Å². The van der Waals surface area contributed by atoms with Crippen LogP contribution in [0.4, 0.5) is 0 Å². The van der Waals surface area contributed by atoms with Crippen molar-refractivity contribution >= 4 is 28.8 Å². The second-order valence-corrected chi connectivity index (χ2v) is 4.16. The van der Waals surface area contributed by atoms with Crippen LogP contribution in [0, 0.1) is 0 Å². The Labute approximate surface area is 98.1 Å². The molecule has 0 spiro atoms. The van der Waals surface area contributed by atoms with Crippen molar-refractivity contribution in [2.75, 3.05) is 13.2 Å². The van der Waals surface area contributed by atoms with E-state index in [0.717, 1.165) is 0 Å². The molecule has 2 rings (SSSR count). The summed E-state index contributed by atoms with van der Waals surface area (Å²) in [6.07, 6.45) is 0.0802. The van der Waals surface area contributed by atoms with E-state index in [4.69, 9.17) is 39.0 Å². The molecule has 0 bridgehead atoms. The number of hydrogen-bond donors (Lipinski definition) is 1. The highest BCUT2D eigenvalue weighted by Crippen LogP contribution is 2.25. The van der Waals surface area contributed by atoms with Crippen LogP contribution in [0.2, 0.25) is 5.02 Å². The molecule has 1 aliphatic rings. The van der Waals surface area contributed by atoms with Crippen molar-refractivity contribution in [1.29, 1.82) is 0 Å². The van der Waals surface area contributed by atoms with Gasteiger partial charge >= 0.3 is 0 Å². The summed E-state index contributed by atoms with van der Waals surface area (Å²) in [4.78, 5) is 0.307. The molecule has 0 amide bonds. The molecule has 0 atom stereocenters. The van der Waals surface area contributed by atoms with Crippen LogP contribution in [0.25, 0.3) is 0 Å². The molecular weight excluding hydrogens is 234 g/mol. The first kappa shape index (κ1) is 10.7. The van der Waals surface area contributed by atoms with Gasteiger partial charge in [-0.3, -0.25) is 0 Å². The van der Waals surface area contributed by atoms with Crippen LogP contribution >= 0.6 is 23.8 Å². The maximum absolute atomic E-state index is 5.87. The summed E-state index contributed by atoms with van der Waals surface area (Å²) < 4.78 is 10.7. The van der Waals surface area contributed by atoms with Crippen LogP contribution in [0.1, 0.15) is 5.56 Å². The first-order valence-corrected chi connectivity index (χ1v) is 5.29. The van der Waals surface area contributed by atoms with Gasteiger partial charge in [0.05, 0.1) is 18.8 Å². The lowest BCUT2D eigenvalue weighted by Crippen LogP contribution is -2.39. The molecule has 0 unspecified atom stereocenters. The van der Waals surface area contributed by atoms with Gasteiger partial charge < -0.3 is 15.2 Å². The van der Waals surface area contributed by atoms with Crippen molar-refractivity contribution in [2.24, 2.45) is 5.73 Å². The predicted octanol–water partition coefficient (Wildman–Crippen LogP) is 1.75. The van der Waals surface area contributed by atoms with E-state index in [1.54, 1.807) is 18.2 Å². The van der Waals surface area contributed by atoms with Crippen molar-refractivity contribution in [3.63, 3.8) is 0 Å². The zero-order valence-electron chi connectivity index (χ0n) is 7.90. The molecule has 15 heavy (non-hydrogen) atoms. The third-order valence-corrected chi connectivity index (χ3v) is 2.57. The molecule has 5 heteroatoms. The quantitative estimate of drug-likeness (QED) is 0.822. The van der Waals surface area contributed by atoms with Crippen molar-refractivity contribution in [3.05, 3.63) is 28.8 Å². The van der Waals surface area contributed by atoms with Gasteiger partial charge in [-0.25, -0.2) is 0 Å².